The van der Waals surface area contributed by atoms with Gasteiger partial charge in [-0.15, -0.1) is 0 Å². The second-order valence-electron chi connectivity index (χ2n) is 6.21. The van der Waals surface area contributed by atoms with Crippen molar-refractivity contribution in [3.63, 3.8) is 0 Å². The van der Waals surface area contributed by atoms with Gasteiger partial charge in [0.15, 0.2) is 0 Å². The van der Waals surface area contributed by atoms with Gasteiger partial charge in [-0.3, -0.25) is 4.79 Å². The lowest BCUT2D eigenvalue weighted by Gasteiger charge is -2.35. The Bertz CT molecular complexity index is 471. The largest absolute Gasteiger partial charge is 0.481 e. The van der Waals surface area contributed by atoms with Gasteiger partial charge in [0.25, 0.3) is 0 Å². The fourth-order valence-electron chi connectivity index (χ4n) is 2.27. The van der Waals surface area contributed by atoms with Crippen molar-refractivity contribution >= 4 is 40.2 Å². The summed E-state index contributed by atoms with van der Waals surface area (Å²) in [6.07, 6.45) is 1.85. The molecule has 1 atom stereocenters. The molecule has 0 saturated heterocycles. The van der Waals surface area contributed by atoms with Gasteiger partial charge in [0.05, 0.1) is 0 Å². The van der Waals surface area contributed by atoms with Crippen LogP contribution in [0.4, 0.5) is 35.1 Å². The number of carboxylic acids is 1. The van der Waals surface area contributed by atoms with Gasteiger partial charge in [0.2, 0.25) is 0 Å². The highest BCUT2D eigenvalue weighted by atomic mass is 127. The molecule has 1 unspecified atom stereocenters. The van der Waals surface area contributed by atoms with E-state index in [1.807, 2.05) is 0 Å². The number of unbranched alkanes of at least 4 members (excludes halogenated alkanes) is 5. The number of halogens is 10. The second kappa shape index (κ2) is 10.6. The molecule has 0 aromatic heterocycles. The first-order valence-corrected chi connectivity index (χ1v) is 9.74. The van der Waals surface area contributed by atoms with E-state index in [0.29, 0.717) is 38.5 Å². The van der Waals surface area contributed by atoms with Crippen molar-refractivity contribution in [1.82, 2.24) is 0 Å². The van der Waals surface area contributed by atoms with Crippen molar-refractivity contribution in [3.8, 4) is 0 Å². The van der Waals surface area contributed by atoms with Gasteiger partial charge < -0.3 is 5.11 Å². The van der Waals surface area contributed by atoms with Crippen molar-refractivity contribution in [3.05, 3.63) is 0 Å². The van der Waals surface area contributed by atoms with Gasteiger partial charge in [-0.05, 0) is 24.4 Å². The molecule has 0 fully saturated rings. The van der Waals surface area contributed by atoms with Crippen LogP contribution in [0.15, 0.2) is 0 Å². The molecule has 0 radical (unpaired) electrons. The van der Waals surface area contributed by atoms with Gasteiger partial charge >= 0.3 is 29.1 Å². The minimum Gasteiger partial charge on any atom is -0.481 e. The zero-order valence-corrected chi connectivity index (χ0v) is 17.0. The number of aliphatic carboxylic acids is 1. The summed E-state index contributed by atoms with van der Waals surface area (Å²) in [7, 11) is 0. The molecule has 0 aliphatic heterocycles. The lowest BCUT2D eigenvalue weighted by atomic mass is 9.98. The topological polar surface area (TPSA) is 37.3 Å². The Morgan fingerprint density at radius 1 is 0.852 bits per heavy atom. The van der Waals surface area contributed by atoms with E-state index >= 15 is 0 Å². The third-order valence-electron chi connectivity index (χ3n) is 3.85. The third-order valence-corrected chi connectivity index (χ3v) is 5.15. The van der Waals surface area contributed by atoms with E-state index in [2.05, 4.69) is 11.6 Å². The quantitative estimate of drug-likeness (QED) is 0.109. The van der Waals surface area contributed by atoms with Crippen LogP contribution in [0, 0.1) is 0 Å². The van der Waals surface area contributed by atoms with Crippen LogP contribution in [0.5, 0.6) is 0 Å². The maximum atomic E-state index is 13.6. The van der Waals surface area contributed by atoms with E-state index in [-0.39, 0.29) is 12.8 Å². The molecule has 0 spiro atoms. The molecule has 0 amide bonds. The predicted molar refractivity (Wildman–Crippen MR) is 92.6 cm³/mol. The van der Waals surface area contributed by atoms with Crippen LogP contribution in [0.3, 0.4) is 0 Å². The first kappa shape index (κ1) is 26.9. The molecule has 1 N–H and O–H groups in total. The Balaban J connectivity index is 4.39. The molecule has 0 aliphatic rings. The summed E-state index contributed by atoms with van der Waals surface area (Å²) >= 11 is 5.29. The van der Waals surface area contributed by atoms with Gasteiger partial charge in [-0.25, -0.2) is 0 Å². The maximum absolute atomic E-state index is 13.6. The molecule has 2 nitrogen and oxygen atoms in total. The number of hydrogen-bond acceptors (Lipinski definition) is 1. The minimum absolute atomic E-state index is 0.0181. The summed E-state index contributed by atoms with van der Waals surface area (Å²) in [6, 6.07) is 0. The smallest absolute Gasteiger partial charge is 0.392 e. The van der Waals surface area contributed by atoms with Crippen molar-refractivity contribution < 1.29 is 45.0 Å². The minimum atomic E-state index is -6.41. The maximum Gasteiger partial charge on any atom is 0.392 e. The standard InChI is InChI=1S/C15H20ClF8IO2/c16-15(23,24)14(21,22)13(19,20)12(17,18)9-10(25)7-5-3-1-2-4-6-8-11(26)27/h10H,1-9H2,(H,26,27). The molecule has 12 heteroatoms. The highest BCUT2D eigenvalue weighted by Crippen LogP contribution is 2.55. The van der Waals surface area contributed by atoms with E-state index in [1.165, 1.54) is 22.6 Å². The molecule has 0 bridgehead atoms. The summed E-state index contributed by atoms with van der Waals surface area (Å²) in [5.74, 6) is -19.0. The first-order chi connectivity index (χ1) is 12.1. The molecule has 162 valence electrons. The van der Waals surface area contributed by atoms with E-state index in [0.717, 1.165) is 0 Å². The lowest BCUT2D eigenvalue weighted by Crippen LogP contribution is -2.60. The Hall–Kier alpha value is -0.0700. The van der Waals surface area contributed by atoms with E-state index in [1.54, 1.807) is 0 Å². The number of carboxylic acid groups (broad SMARTS) is 1. The molecular weight excluding hydrogens is 527 g/mol. The van der Waals surface area contributed by atoms with Crippen molar-refractivity contribution in [1.29, 1.82) is 0 Å². The SMILES string of the molecule is O=C(O)CCCCCCCCC(I)CC(F)(F)C(F)(F)C(F)(F)C(F)(F)Cl. The molecule has 0 aliphatic carbocycles. The molecule has 0 saturated carbocycles. The number of hydrogen-bond donors (Lipinski definition) is 1. The van der Waals surface area contributed by atoms with E-state index < -0.39 is 39.5 Å². The van der Waals surface area contributed by atoms with Crippen molar-refractivity contribution in [2.75, 3.05) is 0 Å². The Morgan fingerprint density at radius 3 is 1.74 bits per heavy atom. The molecule has 27 heavy (non-hydrogen) atoms. The summed E-state index contributed by atoms with van der Waals surface area (Å²) in [6.45, 7) is 0. The molecule has 0 heterocycles. The van der Waals surface area contributed by atoms with Crippen LogP contribution in [0.1, 0.15) is 57.8 Å². The van der Waals surface area contributed by atoms with Crippen LogP contribution in [0.2, 0.25) is 0 Å². The van der Waals surface area contributed by atoms with Crippen LogP contribution in [-0.2, 0) is 4.79 Å². The fourth-order valence-corrected chi connectivity index (χ4v) is 3.38. The average Bonchev–Trinajstić information content (AvgIpc) is 2.47. The van der Waals surface area contributed by atoms with Gasteiger partial charge in [-0.1, -0.05) is 54.7 Å². The summed E-state index contributed by atoms with van der Waals surface area (Å²) < 4.78 is 104. The zero-order valence-electron chi connectivity index (χ0n) is 14.1. The van der Waals surface area contributed by atoms with Crippen LogP contribution < -0.4 is 0 Å². The van der Waals surface area contributed by atoms with Crippen molar-refractivity contribution in [2.24, 2.45) is 0 Å². The molecule has 0 aromatic rings. The number of alkyl halides is 10. The Morgan fingerprint density at radius 2 is 1.30 bits per heavy atom. The molecule has 0 aromatic carbocycles. The summed E-state index contributed by atoms with van der Waals surface area (Å²) in [4.78, 5) is 10.3. The first-order valence-electron chi connectivity index (χ1n) is 8.12. The Labute approximate surface area is 170 Å². The second-order valence-corrected chi connectivity index (χ2v) is 8.44. The zero-order chi connectivity index (χ0) is 21.5. The molecule has 0 rings (SSSR count). The van der Waals surface area contributed by atoms with Gasteiger partial charge in [0.1, 0.15) is 0 Å². The van der Waals surface area contributed by atoms with E-state index in [9.17, 15) is 39.9 Å². The van der Waals surface area contributed by atoms with Gasteiger partial charge in [-0.2, -0.15) is 35.1 Å². The van der Waals surface area contributed by atoms with E-state index in [4.69, 9.17) is 5.11 Å². The summed E-state index contributed by atoms with van der Waals surface area (Å²) in [5.41, 5.74) is 0. The normalized spacial score (nSPS) is 15.0. The predicted octanol–water partition coefficient (Wildman–Crippen LogP) is 7.12. The Kier molecular flexibility index (Phi) is 10.6. The van der Waals surface area contributed by atoms with Crippen molar-refractivity contribution in [2.45, 2.75) is 84.9 Å². The fraction of sp³-hybridized carbons (Fsp3) is 0.933. The monoisotopic (exact) mass is 546 g/mol. The lowest BCUT2D eigenvalue weighted by molar-refractivity contribution is -0.348. The molecular formula is C15H20ClF8IO2. The average molecular weight is 547 g/mol. The highest BCUT2D eigenvalue weighted by Gasteiger charge is 2.80. The van der Waals surface area contributed by atoms with Crippen LogP contribution in [-0.4, -0.2) is 38.1 Å². The van der Waals surface area contributed by atoms with Crippen LogP contribution in [0.25, 0.3) is 0 Å². The van der Waals surface area contributed by atoms with Gasteiger partial charge in [0, 0.05) is 16.8 Å². The highest BCUT2D eigenvalue weighted by molar-refractivity contribution is 14.1. The van der Waals surface area contributed by atoms with Crippen LogP contribution >= 0.6 is 34.2 Å². The number of rotatable bonds is 14. The number of carbonyl (C=O) groups is 1. The summed E-state index contributed by atoms with van der Waals surface area (Å²) in [5, 5.41) is 2.63. The third kappa shape index (κ3) is 8.06.